The molecule has 2 aromatic rings. The molecular formula is C21H24N2O2S. The second-order valence-electron chi connectivity index (χ2n) is 6.61. The lowest BCUT2D eigenvalue weighted by atomic mass is 10.1. The zero-order valence-corrected chi connectivity index (χ0v) is 15.8. The third-order valence-electron chi connectivity index (χ3n) is 4.51. The number of amides is 2. The minimum atomic E-state index is -0.411. The van der Waals surface area contributed by atoms with Crippen LogP contribution in [0.2, 0.25) is 0 Å². The predicted molar refractivity (Wildman–Crippen MR) is 106 cm³/mol. The average Bonchev–Trinajstić information content (AvgIpc) is 3.10. The van der Waals surface area contributed by atoms with Gasteiger partial charge in [0.2, 0.25) is 5.91 Å². The molecule has 1 atom stereocenters. The number of rotatable bonds is 5. The Kier molecular flexibility index (Phi) is 6.23. The highest BCUT2D eigenvalue weighted by Gasteiger charge is 2.31. The summed E-state index contributed by atoms with van der Waals surface area (Å²) in [6.07, 6.45) is 4.69. The lowest BCUT2D eigenvalue weighted by Crippen LogP contribution is -2.49. The SMILES string of the molecule is C/C(=C/c1ccccc1)CN(C(=O)c1cccs1)C1CCCCNC1=O. The minimum Gasteiger partial charge on any atom is -0.354 e. The molecule has 1 aliphatic rings. The van der Waals surface area contributed by atoms with Crippen molar-refractivity contribution >= 4 is 29.2 Å². The zero-order chi connectivity index (χ0) is 18.4. The number of carbonyl (C=O) groups excluding carboxylic acids is 2. The Morgan fingerprint density at radius 2 is 2.04 bits per heavy atom. The molecule has 1 aliphatic heterocycles. The molecule has 0 bridgehead atoms. The molecule has 3 rings (SSSR count). The topological polar surface area (TPSA) is 49.4 Å². The van der Waals surface area contributed by atoms with Crippen LogP contribution in [0.15, 0.2) is 53.4 Å². The molecule has 1 fully saturated rings. The fraction of sp³-hybridized carbons (Fsp3) is 0.333. The Morgan fingerprint density at radius 3 is 2.77 bits per heavy atom. The van der Waals surface area contributed by atoms with E-state index in [0.29, 0.717) is 24.4 Å². The maximum Gasteiger partial charge on any atom is 0.264 e. The maximum absolute atomic E-state index is 13.1. The predicted octanol–water partition coefficient (Wildman–Crippen LogP) is 3.96. The summed E-state index contributed by atoms with van der Waals surface area (Å²) in [6.45, 7) is 3.15. The highest BCUT2D eigenvalue weighted by Crippen LogP contribution is 2.20. The molecule has 4 nitrogen and oxygen atoms in total. The van der Waals surface area contributed by atoms with Crippen molar-refractivity contribution < 1.29 is 9.59 Å². The number of benzene rings is 1. The van der Waals surface area contributed by atoms with E-state index in [1.54, 1.807) is 4.90 Å². The van der Waals surface area contributed by atoms with Gasteiger partial charge in [-0.2, -0.15) is 0 Å². The van der Waals surface area contributed by atoms with Crippen LogP contribution in [0, 0.1) is 0 Å². The first-order valence-electron chi connectivity index (χ1n) is 8.99. The van der Waals surface area contributed by atoms with Crippen molar-refractivity contribution in [1.29, 1.82) is 0 Å². The fourth-order valence-electron chi connectivity index (χ4n) is 3.23. The van der Waals surface area contributed by atoms with Crippen LogP contribution < -0.4 is 5.32 Å². The van der Waals surface area contributed by atoms with E-state index in [-0.39, 0.29) is 11.8 Å². The van der Waals surface area contributed by atoms with Gasteiger partial charge in [0, 0.05) is 13.1 Å². The maximum atomic E-state index is 13.1. The standard InChI is InChI=1S/C21H24N2O2S/c1-16(14-17-8-3-2-4-9-17)15-23(21(25)19-11-7-13-26-19)18-10-5-6-12-22-20(18)24/h2-4,7-9,11,13-14,18H,5-6,10,12,15H2,1H3,(H,22,24)/b16-14-. The Balaban J connectivity index is 1.86. The quantitative estimate of drug-likeness (QED) is 0.868. The van der Waals surface area contributed by atoms with Gasteiger partial charge in [0.1, 0.15) is 6.04 Å². The summed E-state index contributed by atoms with van der Waals surface area (Å²) in [5.41, 5.74) is 2.15. The summed E-state index contributed by atoms with van der Waals surface area (Å²) in [5.74, 6) is -0.109. The highest BCUT2D eigenvalue weighted by molar-refractivity contribution is 7.12. The lowest BCUT2D eigenvalue weighted by molar-refractivity contribution is -0.125. The molecular weight excluding hydrogens is 344 g/mol. The van der Waals surface area contributed by atoms with Gasteiger partial charge < -0.3 is 10.2 Å². The van der Waals surface area contributed by atoms with E-state index >= 15 is 0 Å². The zero-order valence-electron chi connectivity index (χ0n) is 15.0. The van der Waals surface area contributed by atoms with Gasteiger partial charge in [0.25, 0.3) is 5.91 Å². The number of thiophene rings is 1. The molecule has 5 heteroatoms. The van der Waals surface area contributed by atoms with E-state index in [4.69, 9.17) is 0 Å². The summed E-state index contributed by atoms with van der Waals surface area (Å²) in [4.78, 5) is 28.0. The van der Waals surface area contributed by atoms with Crippen molar-refractivity contribution in [3.05, 3.63) is 63.9 Å². The molecule has 0 aliphatic carbocycles. The van der Waals surface area contributed by atoms with Crippen molar-refractivity contribution in [2.24, 2.45) is 0 Å². The van der Waals surface area contributed by atoms with E-state index in [1.165, 1.54) is 11.3 Å². The van der Waals surface area contributed by atoms with Gasteiger partial charge in [0.15, 0.2) is 0 Å². The molecule has 136 valence electrons. The Bertz CT molecular complexity index is 769. The molecule has 1 aromatic heterocycles. The first-order valence-corrected chi connectivity index (χ1v) is 9.87. The van der Waals surface area contributed by atoms with Gasteiger partial charge in [-0.1, -0.05) is 48.0 Å². The highest BCUT2D eigenvalue weighted by atomic mass is 32.1. The van der Waals surface area contributed by atoms with Crippen LogP contribution in [0.25, 0.3) is 6.08 Å². The van der Waals surface area contributed by atoms with Crippen molar-refractivity contribution in [2.75, 3.05) is 13.1 Å². The van der Waals surface area contributed by atoms with Gasteiger partial charge in [-0.05, 0) is 43.2 Å². The number of nitrogens with one attached hydrogen (secondary N) is 1. The van der Waals surface area contributed by atoms with Crippen molar-refractivity contribution in [3.63, 3.8) is 0 Å². The number of nitrogens with zero attached hydrogens (tertiary/aromatic N) is 1. The molecule has 26 heavy (non-hydrogen) atoms. The van der Waals surface area contributed by atoms with Crippen molar-refractivity contribution in [3.8, 4) is 0 Å². The molecule has 0 spiro atoms. The second kappa shape index (κ2) is 8.81. The van der Waals surface area contributed by atoms with Crippen LogP contribution in [0.3, 0.4) is 0 Å². The first kappa shape index (κ1) is 18.4. The largest absolute Gasteiger partial charge is 0.354 e. The van der Waals surface area contributed by atoms with Gasteiger partial charge in [0.05, 0.1) is 4.88 Å². The van der Waals surface area contributed by atoms with E-state index in [0.717, 1.165) is 24.0 Å². The van der Waals surface area contributed by atoms with E-state index in [9.17, 15) is 9.59 Å². The monoisotopic (exact) mass is 368 g/mol. The third-order valence-corrected chi connectivity index (χ3v) is 5.37. The summed E-state index contributed by atoms with van der Waals surface area (Å²) >= 11 is 1.42. The molecule has 1 saturated heterocycles. The van der Waals surface area contributed by atoms with Crippen LogP contribution in [-0.4, -0.2) is 35.8 Å². The van der Waals surface area contributed by atoms with E-state index < -0.39 is 6.04 Å². The average molecular weight is 369 g/mol. The van der Waals surface area contributed by atoms with Crippen LogP contribution in [0.1, 0.15) is 41.4 Å². The summed E-state index contributed by atoms with van der Waals surface area (Å²) < 4.78 is 0. The summed E-state index contributed by atoms with van der Waals surface area (Å²) in [5, 5.41) is 4.84. The van der Waals surface area contributed by atoms with Gasteiger partial charge in [-0.15, -0.1) is 11.3 Å². The van der Waals surface area contributed by atoms with Crippen LogP contribution in [-0.2, 0) is 4.79 Å². The molecule has 2 heterocycles. The Hall–Kier alpha value is -2.40. The Labute approximate surface area is 158 Å². The number of hydrogen-bond acceptors (Lipinski definition) is 3. The van der Waals surface area contributed by atoms with Gasteiger partial charge in [-0.3, -0.25) is 9.59 Å². The van der Waals surface area contributed by atoms with E-state index in [1.807, 2.05) is 54.8 Å². The Morgan fingerprint density at radius 1 is 1.23 bits per heavy atom. The molecule has 0 radical (unpaired) electrons. The minimum absolute atomic E-state index is 0.0417. The molecule has 1 unspecified atom stereocenters. The summed E-state index contributed by atoms with van der Waals surface area (Å²) in [6, 6.07) is 13.3. The smallest absolute Gasteiger partial charge is 0.264 e. The van der Waals surface area contributed by atoms with Crippen LogP contribution in [0.5, 0.6) is 0 Å². The molecule has 0 saturated carbocycles. The summed E-state index contributed by atoms with van der Waals surface area (Å²) in [7, 11) is 0. The number of hydrogen-bond donors (Lipinski definition) is 1. The third kappa shape index (κ3) is 4.61. The van der Waals surface area contributed by atoms with Crippen LogP contribution in [0.4, 0.5) is 0 Å². The number of carbonyl (C=O) groups is 2. The first-order chi connectivity index (χ1) is 12.6. The molecule has 1 N–H and O–H groups in total. The van der Waals surface area contributed by atoms with Crippen molar-refractivity contribution in [2.45, 2.75) is 32.2 Å². The van der Waals surface area contributed by atoms with E-state index in [2.05, 4.69) is 11.4 Å². The second-order valence-corrected chi connectivity index (χ2v) is 7.56. The van der Waals surface area contributed by atoms with Crippen molar-refractivity contribution in [1.82, 2.24) is 10.2 Å². The molecule has 1 aromatic carbocycles. The van der Waals surface area contributed by atoms with Gasteiger partial charge in [-0.25, -0.2) is 0 Å². The fourth-order valence-corrected chi connectivity index (χ4v) is 3.91. The van der Waals surface area contributed by atoms with Gasteiger partial charge >= 0.3 is 0 Å². The van der Waals surface area contributed by atoms with Crippen LogP contribution >= 0.6 is 11.3 Å². The lowest BCUT2D eigenvalue weighted by Gasteiger charge is -2.30. The molecule has 2 amide bonds. The normalized spacial score (nSPS) is 18.1.